The number of halogens is 4. The van der Waals surface area contributed by atoms with Crippen LogP contribution in [0.2, 0.25) is 10.0 Å². The van der Waals surface area contributed by atoms with Gasteiger partial charge in [0.05, 0.1) is 18.6 Å². The second-order valence-corrected chi connectivity index (χ2v) is 3.96. The van der Waals surface area contributed by atoms with Crippen molar-refractivity contribution >= 4 is 41.6 Å². The van der Waals surface area contributed by atoms with E-state index in [0.717, 1.165) is 0 Å². The Morgan fingerprint density at radius 3 is 2.53 bits per heavy atom. The summed E-state index contributed by atoms with van der Waals surface area (Å²) >= 11 is 11.4. The lowest BCUT2D eigenvalue weighted by Crippen LogP contribution is -2.18. The molecule has 0 heterocycles. The van der Waals surface area contributed by atoms with Gasteiger partial charge in [-0.3, -0.25) is 4.79 Å². The van der Waals surface area contributed by atoms with Crippen molar-refractivity contribution in [2.75, 3.05) is 7.11 Å². The fraction of sp³-hybridized carbons (Fsp3) is 0.300. The standard InChI is InChI=1S/C10H10Cl2FNO2.ClH/c1-16-8(15)4-7(14)9-5(11)2-3-6(12)10(9)13;/h2-3,7H,4,14H2,1H3;1H/t7-;/m0./s1. The van der Waals surface area contributed by atoms with Gasteiger partial charge in [-0.2, -0.15) is 0 Å². The predicted octanol–water partition coefficient (Wildman–Crippen LogP) is 3.12. The average molecular weight is 303 g/mol. The Labute approximate surface area is 114 Å². The van der Waals surface area contributed by atoms with Crippen LogP contribution in [0.25, 0.3) is 0 Å². The molecule has 0 fully saturated rings. The Kier molecular flexibility index (Phi) is 6.78. The largest absolute Gasteiger partial charge is 0.469 e. The Morgan fingerprint density at radius 1 is 1.47 bits per heavy atom. The molecule has 7 heteroatoms. The molecule has 0 unspecified atom stereocenters. The fourth-order valence-electron chi connectivity index (χ4n) is 1.25. The fourth-order valence-corrected chi connectivity index (χ4v) is 1.70. The zero-order valence-corrected chi connectivity index (χ0v) is 11.2. The van der Waals surface area contributed by atoms with Crippen molar-refractivity contribution in [2.24, 2.45) is 5.73 Å². The van der Waals surface area contributed by atoms with Gasteiger partial charge in [-0.05, 0) is 12.1 Å². The molecule has 0 saturated heterocycles. The summed E-state index contributed by atoms with van der Waals surface area (Å²) in [5.41, 5.74) is 5.69. The minimum atomic E-state index is -0.876. The molecule has 2 N–H and O–H groups in total. The van der Waals surface area contributed by atoms with E-state index in [9.17, 15) is 9.18 Å². The molecule has 1 aromatic rings. The molecular formula is C10H11Cl3FNO2. The van der Waals surface area contributed by atoms with Crippen molar-refractivity contribution in [1.82, 2.24) is 0 Å². The first-order valence-electron chi connectivity index (χ1n) is 4.43. The molecule has 1 atom stereocenters. The van der Waals surface area contributed by atoms with Crippen LogP contribution in [0.1, 0.15) is 18.0 Å². The van der Waals surface area contributed by atoms with Gasteiger partial charge < -0.3 is 10.5 Å². The van der Waals surface area contributed by atoms with Crippen molar-refractivity contribution in [3.05, 3.63) is 33.6 Å². The summed E-state index contributed by atoms with van der Waals surface area (Å²) in [4.78, 5) is 11.0. The maximum atomic E-state index is 13.6. The number of hydrogen-bond acceptors (Lipinski definition) is 3. The molecular weight excluding hydrogens is 291 g/mol. The molecule has 0 saturated carbocycles. The number of carbonyl (C=O) groups is 1. The molecule has 1 rings (SSSR count). The van der Waals surface area contributed by atoms with Gasteiger partial charge in [-0.15, -0.1) is 12.4 Å². The Morgan fingerprint density at radius 2 is 2.00 bits per heavy atom. The maximum Gasteiger partial charge on any atom is 0.307 e. The molecule has 0 radical (unpaired) electrons. The Bertz CT molecular complexity index is 415. The second-order valence-electron chi connectivity index (χ2n) is 3.14. The van der Waals surface area contributed by atoms with Gasteiger partial charge in [0, 0.05) is 16.6 Å². The second kappa shape index (κ2) is 7.01. The van der Waals surface area contributed by atoms with Gasteiger partial charge in [0.25, 0.3) is 0 Å². The molecule has 96 valence electrons. The Hall–Kier alpha value is -0.550. The summed E-state index contributed by atoms with van der Waals surface area (Å²) in [6.45, 7) is 0. The first-order chi connectivity index (χ1) is 7.47. The van der Waals surface area contributed by atoms with E-state index in [2.05, 4.69) is 4.74 Å². The molecule has 1 aromatic carbocycles. The number of hydrogen-bond donors (Lipinski definition) is 1. The maximum absolute atomic E-state index is 13.6. The summed E-state index contributed by atoms with van der Waals surface area (Å²) in [6.07, 6.45) is -0.159. The lowest BCUT2D eigenvalue weighted by molar-refractivity contribution is -0.141. The zero-order valence-electron chi connectivity index (χ0n) is 8.88. The minimum Gasteiger partial charge on any atom is -0.469 e. The molecule has 0 aliphatic rings. The quantitative estimate of drug-likeness (QED) is 0.689. The number of carbonyl (C=O) groups excluding carboxylic acids is 1. The summed E-state index contributed by atoms with van der Waals surface area (Å²) in [7, 11) is 1.23. The molecule has 0 aliphatic heterocycles. The number of rotatable bonds is 3. The minimum absolute atomic E-state index is 0. The van der Waals surface area contributed by atoms with Gasteiger partial charge in [-0.1, -0.05) is 23.2 Å². The van der Waals surface area contributed by atoms with Crippen molar-refractivity contribution in [1.29, 1.82) is 0 Å². The van der Waals surface area contributed by atoms with E-state index in [1.165, 1.54) is 19.2 Å². The molecule has 0 aliphatic carbocycles. The van der Waals surface area contributed by atoms with E-state index in [0.29, 0.717) is 0 Å². The van der Waals surface area contributed by atoms with Crippen molar-refractivity contribution < 1.29 is 13.9 Å². The van der Waals surface area contributed by atoms with Crippen molar-refractivity contribution in [2.45, 2.75) is 12.5 Å². The van der Waals surface area contributed by atoms with Gasteiger partial charge in [0.15, 0.2) is 0 Å². The van der Waals surface area contributed by atoms with Crippen LogP contribution in [0.3, 0.4) is 0 Å². The smallest absolute Gasteiger partial charge is 0.307 e. The van der Waals surface area contributed by atoms with Crippen LogP contribution in [-0.2, 0) is 9.53 Å². The highest BCUT2D eigenvalue weighted by atomic mass is 35.5. The van der Waals surface area contributed by atoms with Gasteiger partial charge in [0.1, 0.15) is 5.82 Å². The molecule has 0 bridgehead atoms. The van der Waals surface area contributed by atoms with Crippen LogP contribution < -0.4 is 5.73 Å². The highest BCUT2D eigenvalue weighted by molar-refractivity contribution is 6.33. The van der Waals surface area contributed by atoms with E-state index in [4.69, 9.17) is 28.9 Å². The Balaban J connectivity index is 0.00000256. The third-order valence-corrected chi connectivity index (χ3v) is 2.69. The first-order valence-corrected chi connectivity index (χ1v) is 5.18. The summed E-state index contributed by atoms with van der Waals surface area (Å²) in [6, 6.07) is 1.88. The van der Waals surface area contributed by atoms with Crippen molar-refractivity contribution in [3.8, 4) is 0 Å². The number of esters is 1. The van der Waals surface area contributed by atoms with Crippen LogP contribution in [0.4, 0.5) is 4.39 Å². The number of nitrogens with two attached hydrogens (primary N) is 1. The third kappa shape index (κ3) is 4.00. The van der Waals surface area contributed by atoms with Gasteiger partial charge in [-0.25, -0.2) is 4.39 Å². The highest BCUT2D eigenvalue weighted by Crippen LogP contribution is 2.30. The van der Waals surface area contributed by atoms with Crippen LogP contribution in [0, 0.1) is 5.82 Å². The van der Waals surface area contributed by atoms with Crippen LogP contribution in [-0.4, -0.2) is 13.1 Å². The van der Waals surface area contributed by atoms with Crippen LogP contribution >= 0.6 is 35.6 Å². The lowest BCUT2D eigenvalue weighted by atomic mass is 10.0. The van der Waals surface area contributed by atoms with Crippen molar-refractivity contribution in [3.63, 3.8) is 0 Å². The molecule has 0 spiro atoms. The molecule has 0 amide bonds. The highest BCUT2D eigenvalue weighted by Gasteiger charge is 2.20. The predicted molar refractivity (Wildman–Crippen MR) is 67.2 cm³/mol. The zero-order chi connectivity index (χ0) is 12.3. The van der Waals surface area contributed by atoms with E-state index >= 15 is 0 Å². The number of benzene rings is 1. The van der Waals surface area contributed by atoms with E-state index in [1.54, 1.807) is 0 Å². The van der Waals surface area contributed by atoms with Crippen LogP contribution in [0.15, 0.2) is 12.1 Å². The van der Waals surface area contributed by atoms with E-state index in [1.807, 2.05) is 0 Å². The molecule has 17 heavy (non-hydrogen) atoms. The molecule has 3 nitrogen and oxygen atoms in total. The molecule has 0 aromatic heterocycles. The lowest BCUT2D eigenvalue weighted by Gasteiger charge is -2.14. The monoisotopic (exact) mass is 301 g/mol. The first kappa shape index (κ1) is 16.4. The summed E-state index contributed by atoms with van der Waals surface area (Å²) < 4.78 is 18.1. The van der Waals surface area contributed by atoms with Crippen LogP contribution in [0.5, 0.6) is 0 Å². The SMILES string of the molecule is COC(=O)C[C@H](N)c1c(Cl)ccc(Cl)c1F.Cl. The third-order valence-electron chi connectivity index (χ3n) is 2.06. The van der Waals surface area contributed by atoms with Gasteiger partial charge >= 0.3 is 5.97 Å². The van der Waals surface area contributed by atoms with E-state index in [-0.39, 0.29) is 34.4 Å². The summed E-state index contributed by atoms with van der Waals surface area (Å²) in [5.74, 6) is -1.24. The summed E-state index contributed by atoms with van der Waals surface area (Å²) in [5, 5.41) is 0.0537. The van der Waals surface area contributed by atoms with Gasteiger partial charge in [0.2, 0.25) is 0 Å². The average Bonchev–Trinajstić information content (AvgIpc) is 2.24. The normalized spacial score (nSPS) is 11.6. The van der Waals surface area contributed by atoms with E-state index < -0.39 is 17.8 Å². The number of methoxy groups -OCH3 is 1. The topological polar surface area (TPSA) is 52.3 Å². The number of ether oxygens (including phenoxy) is 1.